The molecule has 7 heteroatoms. The Hall–Kier alpha value is -2.70. The molecule has 7 nitrogen and oxygen atoms in total. The minimum absolute atomic E-state index is 0.0238. The van der Waals surface area contributed by atoms with Gasteiger partial charge in [0.15, 0.2) is 0 Å². The number of piperidine rings is 1. The van der Waals surface area contributed by atoms with Crippen molar-refractivity contribution in [3.8, 4) is 0 Å². The van der Waals surface area contributed by atoms with Gasteiger partial charge in [0.05, 0.1) is 5.41 Å². The normalized spacial score (nSPS) is 26.3. The van der Waals surface area contributed by atoms with Crippen LogP contribution in [0.1, 0.15) is 62.7 Å². The van der Waals surface area contributed by atoms with Crippen molar-refractivity contribution in [1.29, 1.82) is 0 Å². The van der Waals surface area contributed by atoms with Crippen molar-refractivity contribution < 1.29 is 9.59 Å². The lowest BCUT2D eigenvalue weighted by Crippen LogP contribution is -2.52. The van der Waals surface area contributed by atoms with Gasteiger partial charge in [-0.3, -0.25) is 19.3 Å². The minimum atomic E-state index is -0.572. The first-order valence-corrected chi connectivity index (χ1v) is 11.5. The zero-order valence-electron chi connectivity index (χ0n) is 18.4. The van der Waals surface area contributed by atoms with Crippen LogP contribution in [0.25, 0.3) is 0 Å². The third-order valence-corrected chi connectivity index (χ3v) is 7.19. The highest BCUT2D eigenvalue weighted by atomic mass is 16.2. The Morgan fingerprint density at radius 1 is 1.26 bits per heavy atom. The second kappa shape index (κ2) is 7.77. The summed E-state index contributed by atoms with van der Waals surface area (Å²) in [5.74, 6) is 0.546. The first kappa shape index (κ1) is 20.2. The van der Waals surface area contributed by atoms with Crippen LogP contribution in [0.4, 0.5) is 0 Å². The monoisotopic (exact) mass is 421 g/mol. The molecule has 31 heavy (non-hydrogen) atoms. The van der Waals surface area contributed by atoms with Crippen LogP contribution in [0.2, 0.25) is 0 Å². The third kappa shape index (κ3) is 3.54. The Kier molecular flexibility index (Phi) is 5.07. The van der Waals surface area contributed by atoms with Gasteiger partial charge in [-0.05, 0) is 57.2 Å². The largest absolute Gasteiger partial charge is 0.341 e. The topological polar surface area (TPSA) is 71.3 Å². The zero-order chi connectivity index (χ0) is 21.6. The highest BCUT2D eigenvalue weighted by molar-refractivity contribution is 5.88. The maximum atomic E-state index is 14.0. The summed E-state index contributed by atoms with van der Waals surface area (Å²) in [4.78, 5) is 35.2. The Balaban J connectivity index is 1.50. The molecule has 3 fully saturated rings. The fourth-order valence-corrected chi connectivity index (χ4v) is 5.52. The lowest BCUT2D eigenvalue weighted by molar-refractivity contribution is -0.148. The van der Waals surface area contributed by atoms with Crippen molar-refractivity contribution in [3.05, 3.63) is 48.0 Å². The van der Waals surface area contributed by atoms with Crippen molar-refractivity contribution in [1.82, 2.24) is 24.6 Å². The second-order valence-corrected chi connectivity index (χ2v) is 9.69. The van der Waals surface area contributed by atoms with Gasteiger partial charge < -0.3 is 9.80 Å². The van der Waals surface area contributed by atoms with Gasteiger partial charge in [0.2, 0.25) is 11.8 Å². The van der Waals surface area contributed by atoms with Crippen molar-refractivity contribution in [2.75, 3.05) is 19.6 Å². The summed E-state index contributed by atoms with van der Waals surface area (Å²) in [6.45, 7) is 6.69. The maximum absolute atomic E-state index is 14.0. The summed E-state index contributed by atoms with van der Waals surface area (Å²) in [6, 6.07) is 6.19. The molecule has 2 aromatic heterocycles. The van der Waals surface area contributed by atoms with Crippen molar-refractivity contribution in [3.63, 3.8) is 0 Å². The Morgan fingerprint density at radius 2 is 2.10 bits per heavy atom. The maximum Gasteiger partial charge on any atom is 0.231 e. The molecule has 2 atom stereocenters. The molecule has 2 saturated heterocycles. The molecule has 0 unspecified atom stereocenters. The number of carbonyl (C=O) groups excluding carboxylic acids is 2. The molecule has 4 heterocycles. The van der Waals surface area contributed by atoms with E-state index < -0.39 is 5.41 Å². The first-order chi connectivity index (χ1) is 15.0. The number of carbonyl (C=O) groups is 2. The number of pyridine rings is 1. The van der Waals surface area contributed by atoms with Crippen molar-refractivity contribution >= 4 is 11.8 Å². The fourth-order valence-electron chi connectivity index (χ4n) is 5.52. The summed E-state index contributed by atoms with van der Waals surface area (Å²) in [7, 11) is 0. The summed E-state index contributed by atoms with van der Waals surface area (Å²) < 4.78 is 2.03. The van der Waals surface area contributed by atoms with Crippen LogP contribution < -0.4 is 0 Å². The van der Waals surface area contributed by atoms with Gasteiger partial charge in [-0.1, -0.05) is 6.07 Å². The van der Waals surface area contributed by atoms with E-state index in [9.17, 15) is 9.59 Å². The lowest BCUT2D eigenvalue weighted by atomic mass is 9.70. The van der Waals surface area contributed by atoms with Gasteiger partial charge in [-0.2, -0.15) is 5.10 Å². The van der Waals surface area contributed by atoms with Crippen LogP contribution in [0.5, 0.6) is 0 Å². The quantitative estimate of drug-likeness (QED) is 0.744. The number of likely N-dealkylation sites (tertiary alicyclic amines) is 2. The predicted octanol–water partition coefficient (Wildman–Crippen LogP) is 3.00. The zero-order valence-corrected chi connectivity index (χ0v) is 18.4. The van der Waals surface area contributed by atoms with Crippen molar-refractivity contribution in [2.45, 2.75) is 58.0 Å². The van der Waals surface area contributed by atoms with Gasteiger partial charge >= 0.3 is 0 Å². The smallest absolute Gasteiger partial charge is 0.231 e. The molecule has 0 N–H and O–H groups in total. The molecule has 1 spiro atoms. The van der Waals surface area contributed by atoms with E-state index in [0.717, 1.165) is 43.5 Å². The highest BCUT2D eigenvalue weighted by Gasteiger charge is 2.57. The van der Waals surface area contributed by atoms with Gasteiger partial charge in [-0.25, -0.2) is 0 Å². The van der Waals surface area contributed by atoms with E-state index in [4.69, 9.17) is 0 Å². The van der Waals surface area contributed by atoms with Crippen LogP contribution in [0, 0.1) is 11.3 Å². The number of aromatic nitrogens is 3. The molecule has 2 amide bonds. The molecular formula is C24H31N5O2. The van der Waals surface area contributed by atoms with E-state index in [1.165, 1.54) is 0 Å². The van der Waals surface area contributed by atoms with E-state index >= 15 is 0 Å². The molecule has 2 aliphatic heterocycles. The van der Waals surface area contributed by atoms with E-state index in [0.29, 0.717) is 19.6 Å². The van der Waals surface area contributed by atoms with Crippen LogP contribution in [0.15, 0.2) is 36.8 Å². The van der Waals surface area contributed by atoms with E-state index in [1.807, 2.05) is 45.1 Å². The molecule has 3 aliphatic rings. The summed E-state index contributed by atoms with van der Waals surface area (Å²) in [6.07, 6.45) is 9.15. The van der Waals surface area contributed by atoms with E-state index in [-0.39, 0.29) is 29.7 Å². The van der Waals surface area contributed by atoms with Gasteiger partial charge in [-0.15, -0.1) is 0 Å². The minimum Gasteiger partial charge on any atom is -0.341 e. The fraction of sp³-hybridized carbons (Fsp3) is 0.583. The summed E-state index contributed by atoms with van der Waals surface area (Å²) >= 11 is 0. The number of rotatable bonds is 5. The average molecular weight is 422 g/mol. The Morgan fingerprint density at radius 3 is 2.81 bits per heavy atom. The lowest BCUT2D eigenvalue weighted by Gasteiger charge is -2.42. The predicted molar refractivity (Wildman–Crippen MR) is 116 cm³/mol. The molecule has 5 rings (SSSR count). The highest BCUT2D eigenvalue weighted by Crippen LogP contribution is 2.51. The third-order valence-electron chi connectivity index (χ3n) is 7.19. The Labute approximate surface area is 183 Å². The van der Waals surface area contributed by atoms with Gasteiger partial charge in [0, 0.05) is 68.3 Å². The Bertz CT molecular complexity index is 967. The van der Waals surface area contributed by atoms with Crippen LogP contribution in [-0.2, 0) is 16.1 Å². The molecule has 1 aliphatic carbocycles. The van der Waals surface area contributed by atoms with Crippen molar-refractivity contribution in [2.24, 2.45) is 11.3 Å². The molecule has 0 bridgehead atoms. The molecule has 0 aromatic carbocycles. The SMILES string of the molecule is CC(C)n1nccc1[C@@H]1CN(C(=O)C2CC2)C[C@]12CCCN(Cc1cccnc1)C2=O. The van der Waals surface area contributed by atoms with Crippen LogP contribution in [-0.4, -0.2) is 56.0 Å². The number of nitrogens with zero attached hydrogens (tertiary/aromatic N) is 5. The molecule has 2 aromatic rings. The van der Waals surface area contributed by atoms with Gasteiger partial charge in [0.1, 0.15) is 0 Å². The summed E-state index contributed by atoms with van der Waals surface area (Å²) in [5, 5.41) is 4.55. The number of hydrogen-bond acceptors (Lipinski definition) is 4. The molecular weight excluding hydrogens is 390 g/mol. The van der Waals surface area contributed by atoms with Crippen LogP contribution >= 0.6 is 0 Å². The van der Waals surface area contributed by atoms with E-state index in [2.05, 4.69) is 23.9 Å². The number of hydrogen-bond donors (Lipinski definition) is 0. The van der Waals surface area contributed by atoms with Gasteiger partial charge in [0.25, 0.3) is 0 Å². The standard InChI is InChI=1S/C24H31N5O2/c1-17(2)29-21(8-11-26-29)20-15-28(22(30)19-6-7-19)16-24(20)9-4-12-27(23(24)31)14-18-5-3-10-25-13-18/h3,5,8,10-11,13,17,19-20H,4,6-7,9,12,14-16H2,1-2H3/t20-,24+/m0/s1. The summed E-state index contributed by atoms with van der Waals surface area (Å²) in [5.41, 5.74) is 1.55. The molecule has 0 radical (unpaired) electrons. The van der Waals surface area contributed by atoms with Crippen LogP contribution in [0.3, 0.4) is 0 Å². The average Bonchev–Trinajstić information content (AvgIpc) is 3.37. The molecule has 164 valence electrons. The number of amides is 2. The second-order valence-electron chi connectivity index (χ2n) is 9.69. The van der Waals surface area contributed by atoms with E-state index in [1.54, 1.807) is 6.20 Å². The first-order valence-electron chi connectivity index (χ1n) is 11.5. The molecule has 1 saturated carbocycles.